The van der Waals surface area contributed by atoms with Gasteiger partial charge in [-0.2, -0.15) is 0 Å². The fraction of sp³-hybridized carbons (Fsp3) is 0.393. The van der Waals surface area contributed by atoms with Gasteiger partial charge in [-0.1, -0.05) is 43.3 Å². The predicted molar refractivity (Wildman–Crippen MR) is 137 cm³/mol. The Labute approximate surface area is 215 Å². The molecule has 3 aliphatic heterocycles. The third-order valence-corrected chi connectivity index (χ3v) is 7.72. The highest BCUT2D eigenvalue weighted by atomic mass is 16.6. The van der Waals surface area contributed by atoms with Gasteiger partial charge in [-0.25, -0.2) is 4.79 Å². The van der Waals surface area contributed by atoms with Gasteiger partial charge in [0.2, 0.25) is 5.91 Å². The average molecular weight is 506 g/mol. The molecule has 9 nitrogen and oxygen atoms in total. The molecule has 3 aliphatic rings. The van der Waals surface area contributed by atoms with Gasteiger partial charge in [0.25, 0.3) is 5.91 Å². The van der Waals surface area contributed by atoms with Gasteiger partial charge in [0.05, 0.1) is 24.9 Å². The van der Waals surface area contributed by atoms with Crippen molar-refractivity contribution in [3.63, 3.8) is 0 Å². The minimum atomic E-state index is -1.85. The van der Waals surface area contributed by atoms with Crippen LogP contribution in [0.4, 0.5) is 16.2 Å². The zero-order valence-corrected chi connectivity index (χ0v) is 21.0. The number of hydrogen-bond acceptors (Lipinski definition) is 6. The maximum Gasteiger partial charge on any atom is 0.414 e. The molecular formula is C28H31N3O6. The molecule has 0 aromatic heterocycles. The monoisotopic (exact) mass is 505 g/mol. The molecule has 0 bridgehead atoms. The zero-order chi connectivity index (χ0) is 26.3. The number of rotatable bonds is 6. The summed E-state index contributed by atoms with van der Waals surface area (Å²) in [6.45, 7) is 2.72. The highest BCUT2D eigenvalue weighted by Gasteiger charge is 2.51. The number of carbonyl (C=O) groups excluding carboxylic acids is 3. The molecule has 3 amide bonds. The van der Waals surface area contributed by atoms with Gasteiger partial charge in [0.15, 0.2) is 5.60 Å². The maximum absolute atomic E-state index is 13.2. The van der Waals surface area contributed by atoms with Crippen molar-refractivity contribution in [1.29, 1.82) is 0 Å². The summed E-state index contributed by atoms with van der Waals surface area (Å²) in [7, 11) is 1.60. The van der Waals surface area contributed by atoms with Gasteiger partial charge >= 0.3 is 6.09 Å². The number of hydrogen-bond donors (Lipinski definition) is 2. The number of ether oxygens (including phenoxy) is 1. The topological polar surface area (TPSA) is 111 Å². The molecule has 0 saturated carbocycles. The van der Waals surface area contributed by atoms with Crippen molar-refractivity contribution >= 4 is 29.3 Å². The minimum absolute atomic E-state index is 0.0790. The number of anilines is 2. The average Bonchev–Trinajstić information content (AvgIpc) is 3.43. The molecule has 2 N–H and O–H groups in total. The van der Waals surface area contributed by atoms with Crippen LogP contribution in [0.25, 0.3) is 0 Å². The molecule has 1 saturated heterocycles. The molecule has 0 spiro atoms. The Balaban J connectivity index is 1.34. The fourth-order valence-electron chi connectivity index (χ4n) is 5.51. The molecular weight excluding hydrogens is 474 g/mol. The molecule has 194 valence electrons. The molecule has 37 heavy (non-hydrogen) atoms. The summed E-state index contributed by atoms with van der Waals surface area (Å²) in [6.07, 6.45) is 3.57. The molecule has 3 heterocycles. The van der Waals surface area contributed by atoms with Crippen molar-refractivity contribution < 1.29 is 29.3 Å². The number of aliphatic hydroxyl groups excluding tert-OH is 1. The van der Waals surface area contributed by atoms with Crippen LogP contribution in [-0.4, -0.2) is 65.9 Å². The Morgan fingerprint density at radius 3 is 2.68 bits per heavy atom. The summed E-state index contributed by atoms with van der Waals surface area (Å²) in [5.41, 5.74) is 1.89. The van der Waals surface area contributed by atoms with E-state index in [9.17, 15) is 24.6 Å². The van der Waals surface area contributed by atoms with Crippen LogP contribution in [-0.2, 0) is 32.9 Å². The van der Waals surface area contributed by atoms with E-state index in [1.54, 1.807) is 49.2 Å². The van der Waals surface area contributed by atoms with Crippen LogP contribution in [0.15, 0.2) is 54.6 Å². The van der Waals surface area contributed by atoms with E-state index in [0.717, 1.165) is 11.1 Å². The summed E-state index contributed by atoms with van der Waals surface area (Å²) >= 11 is 0. The third kappa shape index (κ3) is 4.18. The van der Waals surface area contributed by atoms with Crippen molar-refractivity contribution in [1.82, 2.24) is 4.90 Å². The van der Waals surface area contributed by atoms with E-state index in [4.69, 9.17) is 4.74 Å². The Hall–Kier alpha value is -3.69. The van der Waals surface area contributed by atoms with Crippen molar-refractivity contribution in [2.45, 2.75) is 38.0 Å². The molecule has 0 radical (unpaired) electrons. The summed E-state index contributed by atoms with van der Waals surface area (Å²) in [5, 5.41) is 21.6. The van der Waals surface area contributed by atoms with Gasteiger partial charge in [-0.05, 0) is 35.7 Å². The van der Waals surface area contributed by atoms with Crippen molar-refractivity contribution in [2.24, 2.45) is 5.92 Å². The van der Waals surface area contributed by atoms with Crippen LogP contribution >= 0.6 is 0 Å². The molecule has 0 unspecified atom stereocenters. The summed E-state index contributed by atoms with van der Waals surface area (Å²) < 4.78 is 5.03. The predicted octanol–water partition coefficient (Wildman–Crippen LogP) is 2.34. The van der Waals surface area contributed by atoms with E-state index in [-0.39, 0.29) is 31.6 Å². The van der Waals surface area contributed by atoms with E-state index < -0.39 is 23.5 Å². The molecule has 5 rings (SSSR count). The van der Waals surface area contributed by atoms with Crippen LogP contribution in [0.3, 0.4) is 0 Å². The minimum Gasteiger partial charge on any atom is -0.447 e. The Kier molecular flexibility index (Phi) is 6.51. The van der Waals surface area contributed by atoms with Gasteiger partial charge in [-0.3, -0.25) is 14.5 Å². The molecule has 2 aromatic rings. The van der Waals surface area contributed by atoms with Crippen molar-refractivity contribution in [2.75, 3.05) is 36.6 Å². The highest BCUT2D eigenvalue weighted by molar-refractivity contribution is 6.07. The molecule has 0 aliphatic carbocycles. The summed E-state index contributed by atoms with van der Waals surface area (Å²) in [5.74, 6) is -1.25. The molecule has 9 heteroatoms. The SMILES string of the molecule is C[C@H](/C=C/CC(=O)N1Cc2ccccc2C[C@H]1CO)[C@@]1(O)C(=O)N(C)c2ccc(N3CCOC3=O)cc21. The summed E-state index contributed by atoms with van der Waals surface area (Å²) in [6, 6.07) is 12.7. The normalized spacial score (nSPS) is 23.9. The lowest BCUT2D eigenvalue weighted by Gasteiger charge is -2.36. The number of aliphatic hydroxyl groups is 2. The molecule has 1 fully saturated rings. The van der Waals surface area contributed by atoms with Crippen molar-refractivity contribution in [3.05, 3.63) is 71.3 Å². The van der Waals surface area contributed by atoms with Gasteiger partial charge in [-0.15, -0.1) is 0 Å². The number of likely N-dealkylation sites (N-methyl/N-ethyl adjacent to an activating group) is 1. The quantitative estimate of drug-likeness (QED) is 0.583. The molecule has 3 atom stereocenters. The first-order chi connectivity index (χ1) is 17.8. The van der Waals surface area contributed by atoms with Crippen LogP contribution in [0.5, 0.6) is 0 Å². The lowest BCUT2D eigenvalue weighted by Crippen LogP contribution is -2.46. The highest BCUT2D eigenvalue weighted by Crippen LogP contribution is 2.46. The number of fused-ring (bicyclic) bond motifs is 2. The number of amides is 3. The van der Waals surface area contributed by atoms with Crippen LogP contribution in [0.2, 0.25) is 0 Å². The third-order valence-electron chi connectivity index (χ3n) is 7.72. The first kappa shape index (κ1) is 25.0. The fourth-order valence-corrected chi connectivity index (χ4v) is 5.51. The second-order valence-corrected chi connectivity index (χ2v) is 9.85. The number of carbonyl (C=O) groups is 3. The van der Waals surface area contributed by atoms with E-state index in [1.165, 1.54) is 9.80 Å². The Bertz CT molecular complexity index is 1280. The van der Waals surface area contributed by atoms with E-state index in [0.29, 0.717) is 36.4 Å². The maximum atomic E-state index is 13.2. The lowest BCUT2D eigenvalue weighted by atomic mass is 9.82. The first-order valence-corrected chi connectivity index (χ1v) is 12.5. The Morgan fingerprint density at radius 2 is 1.97 bits per heavy atom. The van der Waals surface area contributed by atoms with E-state index in [1.807, 2.05) is 24.3 Å². The first-order valence-electron chi connectivity index (χ1n) is 12.5. The van der Waals surface area contributed by atoms with Gasteiger partial charge in [0.1, 0.15) is 6.61 Å². The van der Waals surface area contributed by atoms with Crippen molar-refractivity contribution in [3.8, 4) is 0 Å². The largest absolute Gasteiger partial charge is 0.447 e. The zero-order valence-electron chi connectivity index (χ0n) is 21.0. The summed E-state index contributed by atoms with van der Waals surface area (Å²) in [4.78, 5) is 42.9. The van der Waals surface area contributed by atoms with E-state index >= 15 is 0 Å². The number of nitrogens with zero attached hydrogens (tertiary/aromatic N) is 3. The Morgan fingerprint density at radius 1 is 1.22 bits per heavy atom. The van der Waals surface area contributed by atoms with Crippen LogP contribution in [0, 0.1) is 5.92 Å². The van der Waals surface area contributed by atoms with Crippen LogP contribution in [0.1, 0.15) is 30.0 Å². The lowest BCUT2D eigenvalue weighted by molar-refractivity contribution is -0.139. The number of benzene rings is 2. The van der Waals surface area contributed by atoms with Gasteiger partial charge < -0.3 is 24.7 Å². The van der Waals surface area contributed by atoms with E-state index in [2.05, 4.69) is 0 Å². The van der Waals surface area contributed by atoms with Gasteiger partial charge in [0, 0.05) is 37.2 Å². The standard InChI is InChI=1S/C28H31N3O6/c1-18(6-5-9-25(33)31-16-20-8-4-3-7-19(20)14-22(31)17-32)28(36)23-15-21(30-12-13-37-27(30)35)10-11-24(23)29(2)26(28)34/h3-8,10-11,15,18,22,32,36H,9,12-14,16-17H2,1-2H3/b6-5+/t18-,22+,28+/m1/s1. The second-order valence-electron chi connectivity index (χ2n) is 9.85. The molecule has 2 aromatic carbocycles. The smallest absolute Gasteiger partial charge is 0.414 e. The number of cyclic esters (lactones) is 1. The second kappa shape index (κ2) is 9.64. The van der Waals surface area contributed by atoms with Crippen LogP contribution < -0.4 is 9.80 Å².